The molecule has 19 heavy (non-hydrogen) atoms. The number of ether oxygens (including phenoxy) is 1. The van der Waals surface area contributed by atoms with Gasteiger partial charge in [-0.05, 0) is 31.6 Å². The molecule has 1 aliphatic heterocycles. The highest BCUT2D eigenvalue weighted by Crippen LogP contribution is 2.30. The van der Waals surface area contributed by atoms with Crippen molar-refractivity contribution in [3.05, 3.63) is 0 Å². The first kappa shape index (κ1) is 14.8. The van der Waals surface area contributed by atoms with Crippen LogP contribution in [0.4, 0.5) is 0 Å². The Morgan fingerprint density at radius 3 is 2.74 bits per heavy atom. The van der Waals surface area contributed by atoms with Crippen molar-refractivity contribution in [2.45, 2.75) is 56.9 Å². The molecule has 4 nitrogen and oxygen atoms in total. The van der Waals surface area contributed by atoms with E-state index < -0.39 is 0 Å². The van der Waals surface area contributed by atoms with Gasteiger partial charge in [0.1, 0.15) is 0 Å². The minimum absolute atomic E-state index is 0.233. The molecule has 2 aliphatic rings. The normalized spacial score (nSPS) is 27.3. The van der Waals surface area contributed by atoms with E-state index in [1.807, 2.05) is 4.90 Å². The van der Waals surface area contributed by atoms with Crippen LogP contribution in [0.15, 0.2) is 0 Å². The van der Waals surface area contributed by atoms with E-state index in [4.69, 9.17) is 10.5 Å². The van der Waals surface area contributed by atoms with Gasteiger partial charge in [-0.2, -0.15) is 0 Å². The van der Waals surface area contributed by atoms with Gasteiger partial charge in [0.05, 0.1) is 6.61 Å². The molecule has 1 heterocycles. The average molecular weight is 268 g/mol. The van der Waals surface area contributed by atoms with E-state index in [-0.39, 0.29) is 11.4 Å². The molecule has 4 heteroatoms. The number of hydrogen-bond acceptors (Lipinski definition) is 3. The van der Waals surface area contributed by atoms with Crippen LogP contribution in [-0.4, -0.2) is 43.2 Å². The maximum atomic E-state index is 12.4. The predicted molar refractivity (Wildman–Crippen MR) is 75.8 cm³/mol. The van der Waals surface area contributed by atoms with Crippen LogP contribution in [0.3, 0.4) is 0 Å². The molecule has 0 aromatic carbocycles. The number of carbonyl (C=O) groups is 1. The molecule has 0 bridgehead atoms. The quantitative estimate of drug-likeness (QED) is 0.847. The van der Waals surface area contributed by atoms with Gasteiger partial charge in [-0.25, -0.2) is 0 Å². The molecule has 1 aliphatic carbocycles. The zero-order valence-electron chi connectivity index (χ0n) is 12.2. The number of methoxy groups -OCH3 is 1. The van der Waals surface area contributed by atoms with Crippen LogP contribution < -0.4 is 5.73 Å². The highest BCUT2D eigenvalue weighted by molar-refractivity contribution is 5.77. The first-order valence-corrected chi connectivity index (χ1v) is 7.68. The van der Waals surface area contributed by atoms with Crippen molar-refractivity contribution in [3.8, 4) is 0 Å². The van der Waals surface area contributed by atoms with Crippen LogP contribution >= 0.6 is 0 Å². The Labute approximate surface area is 116 Å². The van der Waals surface area contributed by atoms with Crippen molar-refractivity contribution in [1.29, 1.82) is 0 Å². The van der Waals surface area contributed by atoms with Gasteiger partial charge in [0.25, 0.3) is 0 Å². The van der Waals surface area contributed by atoms with E-state index in [2.05, 4.69) is 0 Å². The second-order valence-electron chi connectivity index (χ2n) is 6.40. The van der Waals surface area contributed by atoms with E-state index >= 15 is 0 Å². The van der Waals surface area contributed by atoms with Crippen LogP contribution in [0.1, 0.15) is 51.4 Å². The molecular weight excluding hydrogens is 240 g/mol. The Bertz CT molecular complexity index is 299. The fraction of sp³-hybridized carbons (Fsp3) is 0.933. The Morgan fingerprint density at radius 1 is 1.32 bits per heavy atom. The highest BCUT2D eigenvalue weighted by Gasteiger charge is 2.33. The monoisotopic (exact) mass is 268 g/mol. The van der Waals surface area contributed by atoms with Gasteiger partial charge in [0.15, 0.2) is 0 Å². The zero-order chi connectivity index (χ0) is 13.7. The summed E-state index contributed by atoms with van der Waals surface area (Å²) in [5.74, 6) is 0.757. The average Bonchev–Trinajstić information content (AvgIpc) is 2.40. The number of likely N-dealkylation sites (tertiary alicyclic amines) is 1. The lowest BCUT2D eigenvalue weighted by Gasteiger charge is -2.37. The fourth-order valence-electron chi connectivity index (χ4n) is 3.51. The molecule has 1 saturated carbocycles. The van der Waals surface area contributed by atoms with Crippen molar-refractivity contribution in [2.75, 3.05) is 26.8 Å². The largest absolute Gasteiger partial charge is 0.384 e. The molecule has 0 spiro atoms. The van der Waals surface area contributed by atoms with Crippen LogP contribution in [0.2, 0.25) is 0 Å². The van der Waals surface area contributed by atoms with Gasteiger partial charge in [0.2, 0.25) is 5.91 Å². The summed E-state index contributed by atoms with van der Waals surface area (Å²) in [6.07, 6.45) is 8.44. The third-order valence-corrected chi connectivity index (χ3v) is 4.63. The van der Waals surface area contributed by atoms with E-state index in [0.717, 1.165) is 39.0 Å². The molecule has 2 rings (SSSR count). The summed E-state index contributed by atoms with van der Waals surface area (Å²) in [6, 6.07) is 0. The standard InChI is InChI=1S/C15H28N2O2/c1-19-12-13-6-5-9-17(11-13)14(18)10-15(16)7-3-2-4-8-15/h13H,2-12,16H2,1H3. The van der Waals surface area contributed by atoms with E-state index in [0.29, 0.717) is 12.3 Å². The summed E-state index contributed by atoms with van der Waals surface area (Å²) in [4.78, 5) is 14.4. The topological polar surface area (TPSA) is 55.6 Å². The molecule has 2 N–H and O–H groups in total. The van der Waals surface area contributed by atoms with Gasteiger partial charge in [-0.1, -0.05) is 19.3 Å². The Kier molecular flexibility index (Phi) is 5.22. The molecule has 1 saturated heterocycles. The summed E-state index contributed by atoms with van der Waals surface area (Å²) in [5, 5.41) is 0. The lowest BCUT2D eigenvalue weighted by Crippen LogP contribution is -2.49. The maximum Gasteiger partial charge on any atom is 0.224 e. The second kappa shape index (κ2) is 6.71. The molecule has 1 amide bonds. The van der Waals surface area contributed by atoms with Crippen molar-refractivity contribution in [1.82, 2.24) is 4.90 Å². The minimum atomic E-state index is -0.233. The smallest absolute Gasteiger partial charge is 0.224 e. The first-order valence-electron chi connectivity index (χ1n) is 7.68. The molecule has 2 fully saturated rings. The third kappa shape index (κ3) is 4.18. The molecule has 0 aromatic rings. The number of amides is 1. The summed E-state index contributed by atoms with van der Waals surface area (Å²) in [7, 11) is 1.73. The maximum absolute atomic E-state index is 12.4. The second-order valence-corrected chi connectivity index (χ2v) is 6.40. The number of rotatable bonds is 4. The lowest BCUT2D eigenvalue weighted by molar-refractivity contribution is -0.135. The van der Waals surface area contributed by atoms with Crippen molar-refractivity contribution < 1.29 is 9.53 Å². The Balaban J connectivity index is 1.84. The molecule has 1 unspecified atom stereocenters. The summed E-state index contributed by atoms with van der Waals surface area (Å²) >= 11 is 0. The van der Waals surface area contributed by atoms with Gasteiger partial charge in [0, 0.05) is 32.2 Å². The summed E-state index contributed by atoms with van der Waals surface area (Å²) in [6.45, 7) is 2.51. The van der Waals surface area contributed by atoms with Crippen molar-refractivity contribution in [3.63, 3.8) is 0 Å². The molecule has 1 atom stereocenters. The van der Waals surface area contributed by atoms with E-state index in [1.165, 1.54) is 25.7 Å². The molecule has 0 radical (unpaired) electrons. The summed E-state index contributed by atoms with van der Waals surface area (Å²) in [5.41, 5.74) is 6.16. The number of hydrogen-bond donors (Lipinski definition) is 1. The lowest BCUT2D eigenvalue weighted by atomic mass is 9.80. The van der Waals surface area contributed by atoms with Gasteiger partial charge in [-0.3, -0.25) is 4.79 Å². The highest BCUT2D eigenvalue weighted by atomic mass is 16.5. The Morgan fingerprint density at radius 2 is 2.05 bits per heavy atom. The zero-order valence-corrected chi connectivity index (χ0v) is 12.2. The molecule has 0 aromatic heterocycles. The number of piperidine rings is 1. The third-order valence-electron chi connectivity index (χ3n) is 4.63. The van der Waals surface area contributed by atoms with Gasteiger partial charge >= 0.3 is 0 Å². The van der Waals surface area contributed by atoms with Crippen molar-refractivity contribution in [2.24, 2.45) is 11.7 Å². The first-order chi connectivity index (χ1) is 9.13. The van der Waals surface area contributed by atoms with Crippen molar-refractivity contribution >= 4 is 5.91 Å². The Hall–Kier alpha value is -0.610. The number of carbonyl (C=O) groups excluding carboxylic acids is 1. The van der Waals surface area contributed by atoms with Crippen LogP contribution in [-0.2, 0) is 9.53 Å². The molecule has 110 valence electrons. The van der Waals surface area contributed by atoms with E-state index in [9.17, 15) is 4.79 Å². The van der Waals surface area contributed by atoms with Crippen LogP contribution in [0.5, 0.6) is 0 Å². The van der Waals surface area contributed by atoms with E-state index in [1.54, 1.807) is 7.11 Å². The number of nitrogens with two attached hydrogens (primary N) is 1. The van der Waals surface area contributed by atoms with Crippen LogP contribution in [0, 0.1) is 5.92 Å². The van der Waals surface area contributed by atoms with Gasteiger partial charge in [-0.15, -0.1) is 0 Å². The van der Waals surface area contributed by atoms with Crippen LogP contribution in [0.25, 0.3) is 0 Å². The fourth-order valence-corrected chi connectivity index (χ4v) is 3.51. The minimum Gasteiger partial charge on any atom is -0.384 e. The molecular formula is C15H28N2O2. The number of nitrogens with zero attached hydrogens (tertiary/aromatic N) is 1. The SMILES string of the molecule is COCC1CCCN(C(=O)CC2(N)CCCCC2)C1. The predicted octanol–water partition coefficient (Wildman–Crippen LogP) is 1.92. The van der Waals surface area contributed by atoms with Gasteiger partial charge < -0.3 is 15.4 Å². The summed E-state index contributed by atoms with van der Waals surface area (Å²) < 4.78 is 5.22.